The standard InChI is InChI=1S/C28H22N4O2S2/c1-31-17-24(35-23-12-6-5-11-21(23)31)26-27(34)32(16-18-8-3-2-4-9-18)28(36-26)30-20-13-14-22(33)25-19(20)10-7-15-29-25/h2-15,33H,16-17H2,1H3/b26-24-,30-28?. The molecule has 178 valence electrons. The number of nitrogens with zero attached hydrogens (tertiary/aromatic N) is 4. The number of pyridine rings is 1. The van der Waals surface area contributed by atoms with E-state index in [0.717, 1.165) is 20.8 Å². The van der Waals surface area contributed by atoms with Crippen molar-refractivity contribution in [1.29, 1.82) is 0 Å². The lowest BCUT2D eigenvalue weighted by molar-refractivity contribution is -0.122. The number of benzene rings is 3. The van der Waals surface area contributed by atoms with Crippen LogP contribution in [0.5, 0.6) is 5.75 Å². The molecule has 0 radical (unpaired) electrons. The largest absolute Gasteiger partial charge is 0.506 e. The van der Waals surface area contributed by atoms with Crippen LogP contribution in [0.3, 0.4) is 0 Å². The quantitative estimate of drug-likeness (QED) is 0.333. The number of phenolic OH excluding ortho intramolecular Hbond substituents is 1. The van der Waals surface area contributed by atoms with Gasteiger partial charge in [-0.15, -0.1) is 0 Å². The van der Waals surface area contributed by atoms with Crippen molar-refractivity contribution in [2.45, 2.75) is 11.4 Å². The number of phenols is 1. The topological polar surface area (TPSA) is 69.0 Å². The number of aromatic nitrogens is 1. The summed E-state index contributed by atoms with van der Waals surface area (Å²) >= 11 is 3.07. The molecule has 2 aliphatic rings. The number of hydrogen-bond donors (Lipinski definition) is 1. The van der Waals surface area contributed by atoms with E-state index in [1.807, 2.05) is 54.6 Å². The lowest BCUT2D eigenvalue weighted by Gasteiger charge is -2.29. The molecule has 2 aliphatic heterocycles. The molecular weight excluding hydrogens is 488 g/mol. The first-order chi connectivity index (χ1) is 17.6. The molecule has 3 aromatic carbocycles. The zero-order valence-corrected chi connectivity index (χ0v) is 21.1. The average Bonchev–Trinajstić information content (AvgIpc) is 3.21. The number of hydrogen-bond acceptors (Lipinski definition) is 7. The Bertz CT molecular complexity index is 1550. The van der Waals surface area contributed by atoms with Gasteiger partial charge in [0.25, 0.3) is 5.91 Å². The third-order valence-corrected chi connectivity index (χ3v) is 8.53. The zero-order chi connectivity index (χ0) is 24.6. The van der Waals surface area contributed by atoms with Gasteiger partial charge in [0.05, 0.1) is 29.4 Å². The second kappa shape index (κ2) is 9.37. The van der Waals surface area contributed by atoms with Crippen molar-refractivity contribution in [2.24, 2.45) is 4.99 Å². The van der Waals surface area contributed by atoms with Gasteiger partial charge >= 0.3 is 0 Å². The van der Waals surface area contributed by atoms with Gasteiger partial charge in [0, 0.05) is 28.4 Å². The second-order valence-corrected chi connectivity index (χ2v) is 10.7. The highest BCUT2D eigenvalue weighted by Gasteiger charge is 2.37. The third-order valence-electron chi connectivity index (χ3n) is 6.13. The van der Waals surface area contributed by atoms with Crippen LogP contribution in [0.25, 0.3) is 10.9 Å². The van der Waals surface area contributed by atoms with Gasteiger partial charge in [0.2, 0.25) is 0 Å². The molecule has 0 saturated carbocycles. The van der Waals surface area contributed by atoms with Gasteiger partial charge in [-0.25, -0.2) is 4.99 Å². The molecule has 36 heavy (non-hydrogen) atoms. The second-order valence-electron chi connectivity index (χ2n) is 8.55. The Morgan fingerprint density at radius 3 is 2.64 bits per heavy atom. The van der Waals surface area contributed by atoms with E-state index in [4.69, 9.17) is 4.99 Å². The minimum atomic E-state index is -0.0425. The molecular formula is C28H22N4O2S2. The van der Waals surface area contributed by atoms with Gasteiger partial charge in [0.1, 0.15) is 11.3 Å². The maximum atomic E-state index is 13.8. The van der Waals surface area contributed by atoms with Crippen LogP contribution in [0.4, 0.5) is 11.4 Å². The minimum absolute atomic E-state index is 0.0425. The Morgan fingerprint density at radius 2 is 1.78 bits per heavy atom. The number of amidine groups is 1. The van der Waals surface area contributed by atoms with Gasteiger partial charge in [-0.3, -0.25) is 14.7 Å². The van der Waals surface area contributed by atoms with Gasteiger partial charge in [-0.05, 0) is 53.7 Å². The molecule has 0 unspecified atom stereocenters. The van der Waals surface area contributed by atoms with E-state index in [2.05, 4.69) is 29.1 Å². The van der Waals surface area contributed by atoms with E-state index in [1.54, 1.807) is 35.0 Å². The molecule has 8 heteroatoms. The molecule has 4 aromatic rings. The Balaban J connectivity index is 1.45. The lowest BCUT2D eigenvalue weighted by atomic mass is 10.1. The number of rotatable bonds is 3. The number of carbonyl (C=O) groups is 1. The van der Waals surface area contributed by atoms with E-state index in [0.29, 0.717) is 34.4 Å². The fourth-order valence-electron chi connectivity index (χ4n) is 4.35. The SMILES string of the molecule is CN1C/C(=C2/SC(=Nc3ccc(O)c4ncccc34)N(Cc3ccccc3)C2=O)Sc2ccccc21. The van der Waals surface area contributed by atoms with E-state index in [-0.39, 0.29) is 11.7 Å². The number of likely N-dealkylation sites (N-methyl/N-ethyl adjacent to an activating group) is 1. The van der Waals surface area contributed by atoms with Crippen LogP contribution in [-0.4, -0.2) is 39.7 Å². The summed E-state index contributed by atoms with van der Waals surface area (Å²) in [6.07, 6.45) is 1.64. The van der Waals surface area contributed by atoms with Crippen molar-refractivity contribution >= 4 is 56.9 Å². The van der Waals surface area contributed by atoms with Gasteiger partial charge in [-0.2, -0.15) is 0 Å². The van der Waals surface area contributed by atoms with E-state index >= 15 is 0 Å². The molecule has 0 aliphatic carbocycles. The average molecular weight is 511 g/mol. The highest BCUT2D eigenvalue weighted by molar-refractivity contribution is 8.19. The number of amides is 1. The molecule has 1 fully saturated rings. The third kappa shape index (κ3) is 4.12. The smallest absolute Gasteiger partial charge is 0.267 e. The first-order valence-electron chi connectivity index (χ1n) is 11.5. The molecule has 1 N–H and O–H groups in total. The van der Waals surface area contributed by atoms with E-state index in [1.165, 1.54) is 17.4 Å². The van der Waals surface area contributed by atoms with Crippen LogP contribution in [-0.2, 0) is 11.3 Å². The zero-order valence-electron chi connectivity index (χ0n) is 19.5. The van der Waals surface area contributed by atoms with Crippen LogP contribution in [0, 0.1) is 0 Å². The molecule has 6 nitrogen and oxygen atoms in total. The normalized spacial score (nSPS) is 18.8. The number of thioether (sulfide) groups is 2. The van der Waals surface area contributed by atoms with Crippen LogP contribution >= 0.6 is 23.5 Å². The summed E-state index contributed by atoms with van der Waals surface area (Å²) in [5.41, 5.74) is 3.35. The number of aromatic hydroxyl groups is 1. The molecule has 1 aromatic heterocycles. The number of fused-ring (bicyclic) bond motifs is 2. The number of para-hydroxylation sites is 1. The number of aliphatic imine (C=N–C) groups is 1. The van der Waals surface area contributed by atoms with Gasteiger partial charge in [0.15, 0.2) is 5.17 Å². The van der Waals surface area contributed by atoms with E-state index in [9.17, 15) is 9.90 Å². The highest BCUT2D eigenvalue weighted by Crippen LogP contribution is 2.46. The number of anilines is 1. The van der Waals surface area contributed by atoms with Gasteiger partial charge < -0.3 is 10.0 Å². The molecule has 1 saturated heterocycles. The molecule has 0 atom stereocenters. The summed E-state index contributed by atoms with van der Waals surface area (Å²) in [6, 6.07) is 25.3. The summed E-state index contributed by atoms with van der Waals surface area (Å²) in [7, 11) is 2.05. The highest BCUT2D eigenvalue weighted by atomic mass is 32.2. The van der Waals surface area contributed by atoms with Gasteiger partial charge in [-0.1, -0.05) is 54.2 Å². The van der Waals surface area contributed by atoms with Crippen molar-refractivity contribution < 1.29 is 9.90 Å². The Morgan fingerprint density at radius 1 is 0.972 bits per heavy atom. The van der Waals surface area contributed by atoms with Crippen molar-refractivity contribution in [2.75, 3.05) is 18.5 Å². The summed E-state index contributed by atoms with van der Waals surface area (Å²) in [4.78, 5) is 29.9. The van der Waals surface area contributed by atoms with E-state index < -0.39 is 0 Å². The molecule has 6 rings (SSSR count). The van der Waals surface area contributed by atoms with Crippen LogP contribution in [0.2, 0.25) is 0 Å². The van der Waals surface area contributed by atoms with Crippen molar-refractivity contribution in [3.05, 3.63) is 100 Å². The predicted octanol–water partition coefficient (Wildman–Crippen LogP) is 6.16. The minimum Gasteiger partial charge on any atom is -0.506 e. The summed E-state index contributed by atoms with van der Waals surface area (Å²) in [5.74, 6) is 0.0630. The summed E-state index contributed by atoms with van der Waals surface area (Å²) < 4.78 is 0. The maximum absolute atomic E-state index is 13.8. The fourth-order valence-corrected chi connectivity index (χ4v) is 6.74. The lowest BCUT2D eigenvalue weighted by Crippen LogP contribution is -2.29. The number of carbonyl (C=O) groups excluding carboxylic acids is 1. The van der Waals surface area contributed by atoms with Crippen LogP contribution in [0.15, 0.2) is 105 Å². The van der Waals surface area contributed by atoms with Crippen LogP contribution in [0.1, 0.15) is 5.56 Å². The molecule has 0 bridgehead atoms. The Kier molecular flexibility index (Phi) is 5.91. The summed E-state index contributed by atoms with van der Waals surface area (Å²) in [6.45, 7) is 1.09. The first-order valence-corrected chi connectivity index (χ1v) is 13.1. The molecule has 0 spiro atoms. The predicted molar refractivity (Wildman–Crippen MR) is 148 cm³/mol. The molecule has 1 amide bonds. The van der Waals surface area contributed by atoms with Crippen molar-refractivity contribution in [3.8, 4) is 5.75 Å². The fraction of sp³-hybridized carbons (Fsp3) is 0.107. The van der Waals surface area contributed by atoms with Crippen molar-refractivity contribution in [3.63, 3.8) is 0 Å². The Labute approximate surface area is 217 Å². The maximum Gasteiger partial charge on any atom is 0.267 e. The van der Waals surface area contributed by atoms with Crippen molar-refractivity contribution in [1.82, 2.24) is 9.88 Å². The monoisotopic (exact) mass is 510 g/mol. The first kappa shape index (κ1) is 22.7. The Hall–Kier alpha value is -3.75. The van der Waals surface area contributed by atoms with Crippen LogP contribution < -0.4 is 4.90 Å². The molecule has 3 heterocycles. The summed E-state index contributed by atoms with van der Waals surface area (Å²) in [5, 5.41) is 11.6.